The molecule has 18 heavy (non-hydrogen) atoms. The highest BCUT2D eigenvalue weighted by atomic mass is 31.2. The maximum Gasteiger partial charge on any atom is 0.0988 e. The lowest BCUT2D eigenvalue weighted by Crippen LogP contribution is -2.23. The van der Waals surface area contributed by atoms with Gasteiger partial charge in [-0.2, -0.15) is 0 Å². The molecule has 0 aliphatic heterocycles. The Kier molecular flexibility index (Phi) is 4.55. The van der Waals surface area contributed by atoms with Gasteiger partial charge in [-0.15, -0.1) is 0 Å². The second-order valence-electron chi connectivity index (χ2n) is 4.94. The summed E-state index contributed by atoms with van der Waals surface area (Å²) in [5.41, 5.74) is 0. The average molecular weight is 257 g/mol. The van der Waals surface area contributed by atoms with E-state index in [-0.39, 0.29) is 0 Å². The van der Waals surface area contributed by atoms with E-state index in [1.807, 2.05) is 0 Å². The third kappa shape index (κ3) is 2.82. The van der Waals surface area contributed by atoms with E-state index in [0.717, 1.165) is 0 Å². The van der Waals surface area contributed by atoms with E-state index in [1.54, 1.807) is 0 Å². The molecule has 0 saturated heterocycles. The second-order valence-corrected chi connectivity index (χ2v) is 8.80. The number of unbranched alkanes of at least 4 members (excludes halogenated alkanes) is 1. The topological polar surface area (TPSA) is 0 Å². The van der Waals surface area contributed by atoms with Crippen LogP contribution >= 0.6 is 7.26 Å². The highest BCUT2D eigenvalue weighted by Gasteiger charge is 2.36. The molecule has 2 aromatic rings. The molecular weight excluding hydrogens is 235 g/mol. The summed E-state index contributed by atoms with van der Waals surface area (Å²) in [7, 11) is -1.19. The molecule has 0 saturated carbocycles. The summed E-state index contributed by atoms with van der Waals surface area (Å²) in [6, 6.07) is 22.1. The van der Waals surface area contributed by atoms with Gasteiger partial charge >= 0.3 is 0 Å². The minimum absolute atomic E-state index is 1.19. The van der Waals surface area contributed by atoms with Gasteiger partial charge in [-0.3, -0.25) is 0 Å². The molecule has 0 aliphatic carbocycles. The van der Waals surface area contributed by atoms with Gasteiger partial charge in [-0.05, 0) is 30.7 Å². The van der Waals surface area contributed by atoms with Gasteiger partial charge in [0, 0.05) is 0 Å². The van der Waals surface area contributed by atoms with Gasteiger partial charge in [0.15, 0.2) is 0 Å². The van der Waals surface area contributed by atoms with E-state index in [1.165, 1.54) is 29.6 Å². The Hall–Kier alpha value is -1.13. The van der Waals surface area contributed by atoms with Crippen molar-refractivity contribution in [3.63, 3.8) is 0 Å². The lowest BCUT2D eigenvalue weighted by molar-refractivity contribution is 0.891. The Morgan fingerprint density at radius 3 is 1.61 bits per heavy atom. The first-order valence-corrected chi connectivity index (χ1v) is 9.16. The van der Waals surface area contributed by atoms with Gasteiger partial charge in [0.05, 0.1) is 30.7 Å². The highest BCUT2D eigenvalue weighted by molar-refractivity contribution is 7.88. The van der Waals surface area contributed by atoms with Crippen molar-refractivity contribution in [2.45, 2.75) is 19.8 Å². The molecule has 0 radical (unpaired) electrons. The van der Waals surface area contributed by atoms with Gasteiger partial charge in [0.1, 0.15) is 0 Å². The van der Waals surface area contributed by atoms with Crippen molar-refractivity contribution < 1.29 is 0 Å². The molecule has 94 valence electrons. The van der Waals surface area contributed by atoms with Crippen LogP contribution in [0, 0.1) is 0 Å². The first-order chi connectivity index (χ1) is 8.77. The molecule has 0 atom stereocenters. The summed E-state index contributed by atoms with van der Waals surface area (Å²) in [5, 5.41) is 3.06. The molecule has 2 aromatic carbocycles. The average Bonchev–Trinajstić information content (AvgIpc) is 2.46. The zero-order valence-electron chi connectivity index (χ0n) is 11.3. The summed E-state index contributed by atoms with van der Waals surface area (Å²) in [6.07, 6.45) is 3.90. The van der Waals surface area contributed by atoms with Crippen LogP contribution in [0.25, 0.3) is 0 Å². The van der Waals surface area contributed by atoms with E-state index < -0.39 is 7.26 Å². The first kappa shape index (κ1) is 13.3. The maximum atomic E-state index is 2.48. The van der Waals surface area contributed by atoms with E-state index in [2.05, 4.69) is 74.3 Å². The zero-order valence-corrected chi connectivity index (χ0v) is 12.2. The second kappa shape index (κ2) is 6.16. The quantitative estimate of drug-likeness (QED) is 0.708. The lowest BCUT2D eigenvalue weighted by Gasteiger charge is -2.23. The normalized spacial score (nSPS) is 11.4. The molecule has 0 nitrogen and oxygen atoms in total. The number of rotatable bonds is 5. The fourth-order valence-electron chi connectivity index (χ4n) is 2.40. The molecule has 0 spiro atoms. The molecule has 0 heterocycles. The molecule has 0 aliphatic rings. The minimum atomic E-state index is -1.19. The minimum Gasteiger partial charge on any atom is -0.0652 e. The molecule has 1 heteroatoms. The Morgan fingerprint density at radius 1 is 0.778 bits per heavy atom. The largest absolute Gasteiger partial charge is 0.0988 e. The van der Waals surface area contributed by atoms with E-state index in [9.17, 15) is 0 Å². The van der Waals surface area contributed by atoms with Gasteiger partial charge < -0.3 is 0 Å². The predicted molar refractivity (Wildman–Crippen MR) is 84.8 cm³/mol. The lowest BCUT2D eigenvalue weighted by atomic mass is 10.4. The standard InChI is InChI=1S/C17H22P/c1-3-4-15-18(2,16-11-7-5-8-12-16)17-13-9-6-10-14-17/h5-14H,3-4,15H2,1-2H3/q+1. The Morgan fingerprint density at radius 2 is 1.22 bits per heavy atom. The van der Waals surface area contributed by atoms with Gasteiger partial charge in [-0.1, -0.05) is 49.7 Å². The van der Waals surface area contributed by atoms with Crippen LogP contribution in [-0.2, 0) is 0 Å². The van der Waals surface area contributed by atoms with Crippen molar-refractivity contribution in [2.75, 3.05) is 12.8 Å². The first-order valence-electron chi connectivity index (χ1n) is 6.74. The molecule has 0 N–H and O–H groups in total. The van der Waals surface area contributed by atoms with Crippen molar-refractivity contribution in [1.82, 2.24) is 0 Å². The fraction of sp³-hybridized carbons (Fsp3) is 0.294. The zero-order chi connectivity index (χ0) is 12.8. The predicted octanol–water partition coefficient (Wildman–Crippen LogP) is 4.08. The summed E-state index contributed by atoms with van der Waals surface area (Å²) >= 11 is 0. The van der Waals surface area contributed by atoms with Crippen LogP contribution in [0.1, 0.15) is 19.8 Å². The van der Waals surface area contributed by atoms with Gasteiger partial charge in [0.25, 0.3) is 0 Å². The molecule has 0 fully saturated rings. The van der Waals surface area contributed by atoms with E-state index in [0.29, 0.717) is 0 Å². The summed E-state index contributed by atoms with van der Waals surface area (Å²) in [5.74, 6) is 0. The van der Waals surface area contributed by atoms with Crippen LogP contribution < -0.4 is 10.6 Å². The molecule has 0 aromatic heterocycles. The van der Waals surface area contributed by atoms with Crippen molar-refractivity contribution in [2.24, 2.45) is 0 Å². The molecule has 0 unspecified atom stereocenters. The summed E-state index contributed by atoms with van der Waals surface area (Å²) in [4.78, 5) is 0. The van der Waals surface area contributed by atoms with Crippen LogP contribution in [0.2, 0.25) is 0 Å². The molecule has 0 bridgehead atoms. The number of benzene rings is 2. The SMILES string of the molecule is CCCC[P+](C)(c1ccccc1)c1ccccc1. The van der Waals surface area contributed by atoms with E-state index in [4.69, 9.17) is 0 Å². The fourth-order valence-corrected chi connectivity index (χ4v) is 5.82. The highest BCUT2D eigenvalue weighted by Crippen LogP contribution is 2.53. The number of hydrogen-bond donors (Lipinski definition) is 0. The van der Waals surface area contributed by atoms with Crippen LogP contribution in [0.5, 0.6) is 0 Å². The van der Waals surface area contributed by atoms with Crippen LogP contribution in [0.15, 0.2) is 60.7 Å². The van der Waals surface area contributed by atoms with Gasteiger partial charge in [-0.25, -0.2) is 0 Å². The Bertz CT molecular complexity index is 422. The van der Waals surface area contributed by atoms with Crippen molar-refractivity contribution in [1.29, 1.82) is 0 Å². The smallest absolute Gasteiger partial charge is 0.0652 e. The molecule has 0 amide bonds. The maximum absolute atomic E-state index is 2.48. The van der Waals surface area contributed by atoms with Crippen molar-refractivity contribution in [3.05, 3.63) is 60.7 Å². The van der Waals surface area contributed by atoms with Crippen LogP contribution in [-0.4, -0.2) is 12.8 Å². The molecule has 2 rings (SSSR count). The summed E-state index contributed by atoms with van der Waals surface area (Å²) < 4.78 is 0. The summed E-state index contributed by atoms with van der Waals surface area (Å²) in [6.45, 7) is 4.76. The van der Waals surface area contributed by atoms with Gasteiger partial charge in [0.2, 0.25) is 0 Å². The van der Waals surface area contributed by atoms with Crippen molar-refractivity contribution >= 4 is 17.9 Å². The third-order valence-electron chi connectivity index (χ3n) is 3.61. The third-order valence-corrected chi connectivity index (χ3v) is 7.70. The van der Waals surface area contributed by atoms with Crippen LogP contribution in [0.4, 0.5) is 0 Å². The number of hydrogen-bond acceptors (Lipinski definition) is 0. The van der Waals surface area contributed by atoms with Crippen molar-refractivity contribution in [3.8, 4) is 0 Å². The Labute approximate surface area is 111 Å². The van der Waals surface area contributed by atoms with E-state index >= 15 is 0 Å². The van der Waals surface area contributed by atoms with Crippen LogP contribution in [0.3, 0.4) is 0 Å². The Balaban J connectivity index is 2.41. The molecular formula is C17H22P+. The monoisotopic (exact) mass is 257 g/mol.